The van der Waals surface area contributed by atoms with E-state index in [1.807, 2.05) is 18.4 Å². The Morgan fingerprint density at radius 3 is 2.45 bits per heavy atom. The first-order valence-corrected chi connectivity index (χ1v) is 8.24. The molecule has 4 atom stereocenters. The normalized spacial score (nSPS) is 29.3. The molecule has 0 unspecified atom stereocenters. The topological polar surface area (TPSA) is 95.5 Å². The lowest BCUT2D eigenvalue weighted by molar-refractivity contribution is -0.149. The second-order valence-corrected chi connectivity index (χ2v) is 7.02. The van der Waals surface area contributed by atoms with Gasteiger partial charge in [-0.15, -0.1) is 11.3 Å². The summed E-state index contributed by atoms with van der Waals surface area (Å²) in [5.41, 5.74) is 5.66. The highest BCUT2D eigenvalue weighted by Gasteiger charge is 2.54. The van der Waals surface area contributed by atoms with E-state index < -0.39 is 17.8 Å². The number of aliphatic carboxylic acids is 1. The molecular weight excluding hydrogens is 304 g/mol. The third kappa shape index (κ3) is 2.49. The summed E-state index contributed by atoms with van der Waals surface area (Å²) in [7, 11) is 0. The molecule has 118 valence electrons. The minimum Gasteiger partial charge on any atom is -0.481 e. The average molecular weight is 322 g/mol. The molecule has 2 bridgehead atoms. The van der Waals surface area contributed by atoms with E-state index in [-0.39, 0.29) is 23.7 Å². The monoisotopic (exact) mass is 322 g/mol. The Morgan fingerprint density at radius 1 is 1.18 bits per heavy atom. The Balaban J connectivity index is 1.63. The Labute approximate surface area is 131 Å². The first kappa shape index (κ1) is 15.0. The lowest BCUT2D eigenvalue weighted by Crippen LogP contribution is -2.48. The van der Waals surface area contributed by atoms with E-state index >= 15 is 0 Å². The number of hydrogen-bond acceptors (Lipinski definition) is 4. The molecule has 1 heterocycles. The van der Waals surface area contributed by atoms with Crippen LogP contribution < -0.4 is 10.9 Å². The zero-order valence-corrected chi connectivity index (χ0v) is 13.0. The molecule has 0 spiro atoms. The third-order valence-electron chi connectivity index (χ3n) is 4.87. The van der Waals surface area contributed by atoms with Crippen LogP contribution in [-0.2, 0) is 9.59 Å². The van der Waals surface area contributed by atoms with E-state index in [0.717, 1.165) is 24.8 Å². The van der Waals surface area contributed by atoms with Crippen LogP contribution in [0.5, 0.6) is 0 Å². The summed E-state index contributed by atoms with van der Waals surface area (Å²) in [4.78, 5) is 36.3. The van der Waals surface area contributed by atoms with Crippen LogP contribution in [0.1, 0.15) is 34.5 Å². The van der Waals surface area contributed by atoms with Crippen molar-refractivity contribution < 1.29 is 19.5 Å². The fourth-order valence-electron chi connectivity index (χ4n) is 3.89. The summed E-state index contributed by atoms with van der Waals surface area (Å²) >= 11 is 1.30. The Hall–Kier alpha value is -1.89. The second kappa shape index (κ2) is 5.72. The van der Waals surface area contributed by atoms with Gasteiger partial charge in [-0.05, 0) is 55.0 Å². The number of fused-ring (bicyclic) bond motifs is 2. The molecule has 2 saturated carbocycles. The van der Waals surface area contributed by atoms with Crippen molar-refractivity contribution >= 4 is 29.1 Å². The maximum atomic E-state index is 12.3. The van der Waals surface area contributed by atoms with E-state index in [9.17, 15) is 19.5 Å². The number of carbonyl (C=O) groups is 3. The molecule has 2 aliphatic carbocycles. The smallest absolute Gasteiger partial charge is 0.307 e. The highest BCUT2D eigenvalue weighted by atomic mass is 32.1. The number of thiophene rings is 1. The van der Waals surface area contributed by atoms with Crippen molar-refractivity contribution in [2.75, 3.05) is 0 Å². The standard InChI is InChI=1S/C15H18N2O4S/c1-7-4-5-22-12(7)14(19)17-16-13(18)10-8-2-3-9(6-8)11(10)15(20)21/h4-5,8-11H,2-3,6H2,1H3,(H,16,18)(H,17,19)(H,20,21)/t8-,9+,10-,11+/m1/s1. The van der Waals surface area contributed by atoms with Crippen LogP contribution in [0.2, 0.25) is 0 Å². The third-order valence-corrected chi connectivity index (χ3v) is 5.89. The molecule has 22 heavy (non-hydrogen) atoms. The van der Waals surface area contributed by atoms with Crippen LogP contribution >= 0.6 is 11.3 Å². The van der Waals surface area contributed by atoms with Gasteiger partial charge in [-0.2, -0.15) is 0 Å². The minimum atomic E-state index is -0.909. The molecule has 0 aromatic carbocycles. The number of hydrogen-bond donors (Lipinski definition) is 3. The van der Waals surface area contributed by atoms with Crippen LogP contribution in [0.3, 0.4) is 0 Å². The Kier molecular flexibility index (Phi) is 3.90. The first-order chi connectivity index (χ1) is 10.5. The van der Waals surface area contributed by atoms with E-state index in [4.69, 9.17) is 0 Å². The maximum absolute atomic E-state index is 12.3. The molecule has 0 aliphatic heterocycles. The van der Waals surface area contributed by atoms with E-state index in [0.29, 0.717) is 4.88 Å². The molecule has 1 aromatic heterocycles. The lowest BCUT2D eigenvalue weighted by Gasteiger charge is -2.26. The van der Waals surface area contributed by atoms with Gasteiger partial charge in [0.25, 0.3) is 5.91 Å². The summed E-state index contributed by atoms with van der Waals surface area (Å²) in [5.74, 6) is -2.62. The van der Waals surface area contributed by atoms with Gasteiger partial charge < -0.3 is 5.11 Å². The Morgan fingerprint density at radius 2 is 1.86 bits per heavy atom. The van der Waals surface area contributed by atoms with Gasteiger partial charge in [-0.1, -0.05) is 0 Å². The van der Waals surface area contributed by atoms with Crippen molar-refractivity contribution in [1.82, 2.24) is 10.9 Å². The zero-order valence-electron chi connectivity index (χ0n) is 12.2. The number of hydrazine groups is 1. The van der Waals surface area contributed by atoms with Crippen LogP contribution in [-0.4, -0.2) is 22.9 Å². The molecule has 0 radical (unpaired) electrons. The van der Waals surface area contributed by atoms with Gasteiger partial charge in [0.1, 0.15) is 0 Å². The van der Waals surface area contributed by atoms with E-state index in [1.165, 1.54) is 11.3 Å². The highest BCUT2D eigenvalue weighted by molar-refractivity contribution is 7.12. The number of nitrogens with one attached hydrogen (secondary N) is 2. The predicted octanol–water partition coefficient (Wildman–Crippen LogP) is 1.56. The quantitative estimate of drug-likeness (QED) is 0.736. The fourth-order valence-corrected chi connectivity index (χ4v) is 4.71. The van der Waals surface area contributed by atoms with Crippen molar-refractivity contribution in [3.05, 3.63) is 21.9 Å². The van der Waals surface area contributed by atoms with E-state index in [2.05, 4.69) is 10.9 Å². The van der Waals surface area contributed by atoms with Crippen LogP contribution in [0, 0.1) is 30.6 Å². The first-order valence-electron chi connectivity index (χ1n) is 7.36. The minimum absolute atomic E-state index is 0.0912. The van der Waals surface area contributed by atoms with Crippen molar-refractivity contribution in [2.24, 2.45) is 23.7 Å². The number of rotatable bonds is 3. The summed E-state index contributed by atoms with van der Waals surface area (Å²) in [6.45, 7) is 1.82. The largest absolute Gasteiger partial charge is 0.481 e. The molecule has 2 amide bonds. The van der Waals surface area contributed by atoms with Gasteiger partial charge >= 0.3 is 5.97 Å². The summed E-state index contributed by atoms with van der Waals surface area (Å²) < 4.78 is 0. The average Bonchev–Trinajstić information content (AvgIpc) is 3.18. The van der Waals surface area contributed by atoms with E-state index in [1.54, 1.807) is 0 Å². The number of carboxylic acid groups (broad SMARTS) is 1. The van der Waals surface area contributed by atoms with Crippen LogP contribution in [0.25, 0.3) is 0 Å². The highest BCUT2D eigenvalue weighted by Crippen LogP contribution is 2.52. The van der Waals surface area contributed by atoms with Gasteiger partial charge in [-0.25, -0.2) is 0 Å². The number of aryl methyl sites for hydroxylation is 1. The van der Waals surface area contributed by atoms with Gasteiger partial charge in [-0.3, -0.25) is 25.2 Å². The predicted molar refractivity (Wildman–Crippen MR) is 80.1 cm³/mol. The van der Waals surface area contributed by atoms with Gasteiger partial charge in [0.05, 0.1) is 16.7 Å². The van der Waals surface area contributed by atoms with Gasteiger partial charge in [0.2, 0.25) is 5.91 Å². The molecule has 2 aliphatic rings. The molecule has 2 fully saturated rings. The molecule has 7 heteroatoms. The molecule has 3 N–H and O–H groups in total. The molecule has 3 rings (SSSR count). The maximum Gasteiger partial charge on any atom is 0.307 e. The number of amides is 2. The molecular formula is C15H18N2O4S. The zero-order chi connectivity index (χ0) is 15.9. The van der Waals surface area contributed by atoms with Crippen molar-refractivity contribution in [3.8, 4) is 0 Å². The molecule has 1 aromatic rings. The van der Waals surface area contributed by atoms with Gasteiger partial charge in [0, 0.05) is 0 Å². The fraction of sp³-hybridized carbons (Fsp3) is 0.533. The van der Waals surface area contributed by atoms with Crippen LogP contribution in [0.4, 0.5) is 0 Å². The van der Waals surface area contributed by atoms with Crippen molar-refractivity contribution in [2.45, 2.75) is 26.2 Å². The second-order valence-electron chi connectivity index (χ2n) is 6.10. The van der Waals surface area contributed by atoms with Crippen LogP contribution in [0.15, 0.2) is 11.4 Å². The summed E-state index contributed by atoms with van der Waals surface area (Å²) in [5, 5.41) is 11.2. The SMILES string of the molecule is Cc1ccsc1C(=O)NNC(=O)[C@@H]1[C@@H]2CC[C@@H](C2)[C@@H]1C(=O)O. The number of carboxylic acids is 1. The van der Waals surface area contributed by atoms with Crippen molar-refractivity contribution in [1.29, 1.82) is 0 Å². The summed E-state index contributed by atoms with van der Waals surface area (Å²) in [6.07, 6.45) is 2.57. The molecule has 6 nitrogen and oxygen atoms in total. The number of carbonyl (C=O) groups excluding carboxylic acids is 2. The van der Waals surface area contributed by atoms with Crippen molar-refractivity contribution in [3.63, 3.8) is 0 Å². The Bertz CT molecular complexity index is 627. The molecule has 0 saturated heterocycles. The lowest BCUT2D eigenvalue weighted by atomic mass is 9.79. The summed E-state index contributed by atoms with van der Waals surface area (Å²) in [6, 6.07) is 1.83. The van der Waals surface area contributed by atoms with Gasteiger partial charge in [0.15, 0.2) is 0 Å².